The van der Waals surface area contributed by atoms with Crippen LogP contribution in [0.3, 0.4) is 0 Å². The molecule has 2 aromatic carbocycles. The highest BCUT2D eigenvalue weighted by Crippen LogP contribution is 2.30. The zero-order chi connectivity index (χ0) is 16.4. The molecule has 0 atom stereocenters. The van der Waals surface area contributed by atoms with Crippen LogP contribution in [0.4, 0.5) is 11.4 Å². The summed E-state index contributed by atoms with van der Waals surface area (Å²) in [6, 6.07) is 12.3. The maximum absolute atomic E-state index is 10.7. The second-order valence-electron chi connectivity index (χ2n) is 4.65. The summed E-state index contributed by atoms with van der Waals surface area (Å²) in [5.41, 5.74) is 2.33. The first kappa shape index (κ1) is 14.8. The average molecular weight is 327 g/mol. The fraction of sp³-hybridized carbons (Fsp3) is 0. The lowest BCUT2D eigenvalue weighted by Gasteiger charge is -1.97. The van der Waals surface area contributed by atoms with Gasteiger partial charge < -0.3 is 0 Å². The van der Waals surface area contributed by atoms with E-state index in [2.05, 4.69) is 4.98 Å². The van der Waals surface area contributed by atoms with Crippen LogP contribution in [0.15, 0.2) is 53.9 Å². The number of hydrogen-bond donors (Lipinski definition) is 0. The molecule has 0 fully saturated rings. The molecule has 0 spiro atoms. The zero-order valence-electron chi connectivity index (χ0n) is 11.6. The van der Waals surface area contributed by atoms with E-state index in [9.17, 15) is 20.2 Å². The van der Waals surface area contributed by atoms with Gasteiger partial charge in [-0.05, 0) is 24.3 Å². The van der Waals surface area contributed by atoms with Crippen molar-refractivity contribution in [3.05, 3.63) is 74.1 Å². The van der Waals surface area contributed by atoms with Crippen LogP contribution in [0.5, 0.6) is 0 Å². The fourth-order valence-electron chi connectivity index (χ4n) is 2.02. The Kier molecular flexibility index (Phi) is 3.82. The summed E-state index contributed by atoms with van der Waals surface area (Å²) in [5, 5.41) is 23.9. The molecule has 0 saturated heterocycles. The van der Waals surface area contributed by atoms with Gasteiger partial charge in [0.1, 0.15) is 5.01 Å². The second-order valence-corrected chi connectivity index (χ2v) is 5.50. The number of nitrogens with zero attached hydrogens (tertiary/aromatic N) is 3. The molecule has 0 unspecified atom stereocenters. The molecule has 0 N–H and O–H groups in total. The Labute approximate surface area is 134 Å². The molecule has 0 saturated carbocycles. The number of nitro groups is 2. The van der Waals surface area contributed by atoms with Gasteiger partial charge in [0.15, 0.2) is 0 Å². The molecule has 0 aliphatic heterocycles. The first-order valence-corrected chi connectivity index (χ1v) is 7.38. The molecule has 3 aromatic rings. The smallest absolute Gasteiger partial charge is 0.258 e. The number of nitro benzene ring substituents is 2. The molecule has 114 valence electrons. The van der Waals surface area contributed by atoms with E-state index in [0.717, 1.165) is 16.1 Å². The van der Waals surface area contributed by atoms with Gasteiger partial charge in [0.2, 0.25) is 0 Å². The maximum atomic E-state index is 10.7. The summed E-state index contributed by atoms with van der Waals surface area (Å²) < 4.78 is 0. The van der Waals surface area contributed by atoms with E-state index in [4.69, 9.17) is 0 Å². The van der Waals surface area contributed by atoms with Crippen molar-refractivity contribution in [3.63, 3.8) is 0 Å². The Bertz CT molecular complexity index is 800. The Morgan fingerprint density at radius 2 is 1.26 bits per heavy atom. The highest BCUT2D eigenvalue weighted by molar-refractivity contribution is 7.13. The molecule has 1 aromatic heterocycles. The highest BCUT2D eigenvalue weighted by Gasteiger charge is 2.11. The van der Waals surface area contributed by atoms with Crippen LogP contribution in [0, 0.1) is 20.2 Å². The maximum Gasteiger partial charge on any atom is 0.269 e. The van der Waals surface area contributed by atoms with Crippen molar-refractivity contribution in [2.75, 3.05) is 0 Å². The number of rotatable bonds is 4. The fourth-order valence-corrected chi connectivity index (χ4v) is 2.85. The van der Waals surface area contributed by atoms with Crippen molar-refractivity contribution >= 4 is 22.7 Å². The molecule has 0 bridgehead atoms. The van der Waals surface area contributed by atoms with Gasteiger partial charge in [0.05, 0.1) is 15.5 Å². The third-order valence-corrected chi connectivity index (χ3v) is 4.09. The van der Waals surface area contributed by atoms with Gasteiger partial charge >= 0.3 is 0 Å². The second kappa shape index (κ2) is 5.93. The van der Waals surface area contributed by atoms with Gasteiger partial charge in [-0.3, -0.25) is 20.2 Å². The van der Waals surface area contributed by atoms with Crippen molar-refractivity contribution in [2.24, 2.45) is 0 Å². The molecule has 23 heavy (non-hydrogen) atoms. The van der Waals surface area contributed by atoms with E-state index in [-0.39, 0.29) is 11.4 Å². The summed E-state index contributed by atoms with van der Waals surface area (Å²) in [4.78, 5) is 24.9. The van der Waals surface area contributed by atoms with Crippen molar-refractivity contribution in [3.8, 4) is 21.8 Å². The summed E-state index contributed by atoms with van der Waals surface area (Å²) in [5.74, 6) is 0. The standard InChI is InChI=1S/C15H9N3O4S/c19-17(20)12-5-1-10(2-6-12)14-9-23-15(16-14)11-3-7-13(8-4-11)18(21)22/h1-9H. The number of non-ortho nitro benzene ring substituents is 2. The van der Waals surface area contributed by atoms with Gasteiger partial charge in [0, 0.05) is 40.8 Å². The van der Waals surface area contributed by atoms with Crippen molar-refractivity contribution in [1.29, 1.82) is 0 Å². The molecule has 0 radical (unpaired) electrons. The lowest BCUT2D eigenvalue weighted by atomic mass is 10.1. The molecular formula is C15H9N3O4S. The minimum absolute atomic E-state index is 0.0274. The first-order chi connectivity index (χ1) is 11.0. The quantitative estimate of drug-likeness (QED) is 0.525. The topological polar surface area (TPSA) is 99.2 Å². The predicted octanol–water partition coefficient (Wildman–Crippen LogP) is 4.29. The Morgan fingerprint density at radius 3 is 1.74 bits per heavy atom. The molecule has 0 aliphatic rings. The predicted molar refractivity (Wildman–Crippen MR) is 86.3 cm³/mol. The van der Waals surface area contributed by atoms with Crippen molar-refractivity contribution in [1.82, 2.24) is 4.98 Å². The van der Waals surface area contributed by atoms with E-state index in [1.165, 1.54) is 35.6 Å². The SMILES string of the molecule is O=[N+]([O-])c1ccc(-c2csc(-c3ccc([N+](=O)[O-])cc3)n2)cc1. The van der Waals surface area contributed by atoms with Crippen LogP contribution in [0.1, 0.15) is 0 Å². The van der Waals surface area contributed by atoms with Gasteiger partial charge in [-0.1, -0.05) is 0 Å². The first-order valence-electron chi connectivity index (χ1n) is 6.50. The monoisotopic (exact) mass is 327 g/mol. The van der Waals surface area contributed by atoms with E-state index in [1.54, 1.807) is 24.3 Å². The number of thiazole rings is 1. The molecular weight excluding hydrogens is 318 g/mol. The normalized spacial score (nSPS) is 10.4. The van der Waals surface area contributed by atoms with Crippen LogP contribution in [-0.2, 0) is 0 Å². The third-order valence-electron chi connectivity index (χ3n) is 3.20. The highest BCUT2D eigenvalue weighted by atomic mass is 32.1. The van der Waals surface area contributed by atoms with Crippen molar-refractivity contribution in [2.45, 2.75) is 0 Å². The van der Waals surface area contributed by atoms with Gasteiger partial charge in [-0.2, -0.15) is 0 Å². The van der Waals surface area contributed by atoms with E-state index >= 15 is 0 Å². The van der Waals surface area contributed by atoms with Gasteiger partial charge in [-0.25, -0.2) is 4.98 Å². The van der Waals surface area contributed by atoms with Crippen LogP contribution >= 0.6 is 11.3 Å². The number of aromatic nitrogens is 1. The minimum Gasteiger partial charge on any atom is -0.258 e. The molecule has 8 heteroatoms. The summed E-state index contributed by atoms with van der Waals surface area (Å²) in [7, 11) is 0. The van der Waals surface area contributed by atoms with Gasteiger partial charge in [-0.15, -0.1) is 11.3 Å². The van der Waals surface area contributed by atoms with Crippen LogP contribution in [-0.4, -0.2) is 14.8 Å². The van der Waals surface area contributed by atoms with E-state index in [1.807, 2.05) is 5.38 Å². The van der Waals surface area contributed by atoms with Crippen LogP contribution in [0.2, 0.25) is 0 Å². The lowest BCUT2D eigenvalue weighted by molar-refractivity contribution is -0.385. The molecule has 7 nitrogen and oxygen atoms in total. The van der Waals surface area contributed by atoms with Crippen LogP contribution < -0.4 is 0 Å². The largest absolute Gasteiger partial charge is 0.269 e. The third kappa shape index (κ3) is 3.06. The Morgan fingerprint density at radius 1 is 0.783 bits per heavy atom. The summed E-state index contributed by atoms with van der Waals surface area (Å²) in [6.07, 6.45) is 0. The molecule has 3 rings (SSSR count). The molecule has 1 heterocycles. The lowest BCUT2D eigenvalue weighted by Crippen LogP contribution is -1.88. The van der Waals surface area contributed by atoms with E-state index < -0.39 is 9.85 Å². The number of hydrogen-bond acceptors (Lipinski definition) is 6. The molecule has 0 amide bonds. The van der Waals surface area contributed by atoms with Crippen LogP contribution in [0.25, 0.3) is 21.8 Å². The number of benzene rings is 2. The minimum atomic E-state index is -0.451. The Hall–Kier alpha value is -3.13. The van der Waals surface area contributed by atoms with Gasteiger partial charge in [0.25, 0.3) is 11.4 Å². The Balaban J connectivity index is 1.87. The zero-order valence-corrected chi connectivity index (χ0v) is 12.4. The summed E-state index contributed by atoms with van der Waals surface area (Å²) in [6.45, 7) is 0. The average Bonchev–Trinajstić information content (AvgIpc) is 3.05. The van der Waals surface area contributed by atoms with E-state index in [0.29, 0.717) is 5.69 Å². The summed E-state index contributed by atoms with van der Waals surface area (Å²) >= 11 is 1.41. The molecule has 0 aliphatic carbocycles. The van der Waals surface area contributed by atoms with Crippen molar-refractivity contribution < 1.29 is 9.85 Å².